The molecule has 0 unspecified atom stereocenters. The maximum atomic E-state index is 12.0. The highest BCUT2D eigenvalue weighted by Crippen LogP contribution is 2.45. The lowest BCUT2D eigenvalue weighted by molar-refractivity contribution is -0.123. The molecular weight excluding hydrogens is 444 g/mol. The Balaban J connectivity index is 1.24. The van der Waals surface area contributed by atoms with Crippen molar-refractivity contribution >= 4 is 41.4 Å². The van der Waals surface area contributed by atoms with Crippen LogP contribution in [0.1, 0.15) is 33.2 Å². The van der Waals surface area contributed by atoms with Gasteiger partial charge in [-0.3, -0.25) is 9.59 Å². The third-order valence-corrected chi connectivity index (χ3v) is 7.83. The summed E-state index contributed by atoms with van der Waals surface area (Å²) in [6, 6.07) is 18.6. The van der Waals surface area contributed by atoms with E-state index in [9.17, 15) is 9.59 Å². The molecule has 2 heterocycles. The molecule has 0 atom stereocenters. The van der Waals surface area contributed by atoms with Crippen LogP contribution in [0.3, 0.4) is 0 Å². The van der Waals surface area contributed by atoms with Crippen LogP contribution in [0.5, 0.6) is 5.75 Å². The molecule has 0 radical (unpaired) electrons. The minimum Gasteiger partial charge on any atom is -0.484 e. The number of Topliss-reactive ketones (excluding diaryl/α,β-unsaturated/α-hetero) is 1. The van der Waals surface area contributed by atoms with Crippen LogP contribution in [0.4, 0.5) is 0 Å². The molecule has 1 amide bonds. The molecule has 3 aromatic rings. The van der Waals surface area contributed by atoms with Gasteiger partial charge in [0, 0.05) is 22.6 Å². The summed E-state index contributed by atoms with van der Waals surface area (Å²) in [6.45, 7) is 1.40. The van der Waals surface area contributed by atoms with E-state index in [1.54, 1.807) is 24.3 Å². The molecule has 1 fully saturated rings. The number of hydrogen-bond donors (Lipinski definition) is 1. The highest BCUT2D eigenvalue weighted by molar-refractivity contribution is 8.19. The van der Waals surface area contributed by atoms with Crippen molar-refractivity contribution in [2.75, 3.05) is 18.1 Å². The summed E-state index contributed by atoms with van der Waals surface area (Å²) in [7, 11) is 0. The van der Waals surface area contributed by atoms with Crippen molar-refractivity contribution < 1.29 is 18.7 Å². The van der Waals surface area contributed by atoms with E-state index in [2.05, 4.69) is 10.5 Å². The van der Waals surface area contributed by atoms with Gasteiger partial charge >= 0.3 is 0 Å². The monoisotopic (exact) mass is 466 g/mol. The largest absolute Gasteiger partial charge is 0.484 e. The first-order valence-corrected chi connectivity index (χ1v) is 12.2. The maximum Gasteiger partial charge on any atom is 0.277 e. The quantitative estimate of drug-likeness (QED) is 0.281. The Hall–Kier alpha value is -2.97. The van der Waals surface area contributed by atoms with Gasteiger partial charge in [-0.2, -0.15) is 5.10 Å². The molecule has 6 nitrogen and oxygen atoms in total. The molecular formula is C24H22N2O4S2. The van der Waals surface area contributed by atoms with E-state index in [-0.39, 0.29) is 18.3 Å². The average Bonchev–Trinajstić information content (AvgIpc) is 3.51. The van der Waals surface area contributed by atoms with Crippen LogP contribution in [-0.2, 0) is 4.79 Å². The minimum absolute atomic E-state index is 0.0165. The van der Waals surface area contributed by atoms with Crippen LogP contribution >= 0.6 is 23.5 Å². The number of carbonyl (C=O) groups is 2. The molecule has 0 spiro atoms. The number of carbonyl (C=O) groups excluding carboxylic acids is 2. The highest BCUT2D eigenvalue weighted by atomic mass is 32.2. The van der Waals surface area contributed by atoms with Crippen LogP contribution in [0.2, 0.25) is 0 Å². The molecule has 1 N–H and O–H groups in total. The zero-order chi connectivity index (χ0) is 22.3. The summed E-state index contributed by atoms with van der Waals surface area (Å²) in [6.07, 6.45) is 1.43. The van der Waals surface area contributed by atoms with Crippen molar-refractivity contribution in [2.24, 2.45) is 5.10 Å². The number of thioether (sulfide) groups is 2. The van der Waals surface area contributed by atoms with Crippen molar-refractivity contribution in [2.45, 2.75) is 11.5 Å². The molecule has 1 aliphatic rings. The zero-order valence-corrected chi connectivity index (χ0v) is 19.1. The summed E-state index contributed by atoms with van der Waals surface area (Å²) < 4.78 is 11.7. The first-order valence-electron chi connectivity index (χ1n) is 10.1. The van der Waals surface area contributed by atoms with Gasteiger partial charge in [0.05, 0.1) is 10.8 Å². The van der Waals surface area contributed by atoms with Gasteiger partial charge in [-0.25, -0.2) is 5.43 Å². The van der Waals surface area contributed by atoms with E-state index in [1.807, 2.05) is 59.9 Å². The van der Waals surface area contributed by atoms with Crippen LogP contribution in [0.15, 0.2) is 70.2 Å². The fraction of sp³-hybridized carbons (Fsp3) is 0.208. The van der Waals surface area contributed by atoms with Gasteiger partial charge in [0.1, 0.15) is 17.3 Å². The van der Waals surface area contributed by atoms with Gasteiger partial charge in [-0.05, 0) is 36.8 Å². The van der Waals surface area contributed by atoms with Crippen LogP contribution < -0.4 is 10.2 Å². The second-order valence-electron chi connectivity index (χ2n) is 7.06. The summed E-state index contributed by atoms with van der Waals surface area (Å²) in [5, 5.41) is 3.92. The number of hydrazone groups is 1. The Bertz CT molecular complexity index is 1100. The number of ketones is 1. The number of hydrogen-bond acceptors (Lipinski definition) is 7. The standard InChI is InChI=1S/C24H22N2O4S2/c1-16(27)17-2-4-18(5-3-17)22-11-10-21(30-22)14-25-26-23(28)15-29-20-8-6-19(7-9-20)24-31-12-13-32-24/h2-11,14,24H,12-13,15H2,1H3,(H,26,28)/b25-14-. The number of nitrogens with zero attached hydrogens (tertiary/aromatic N) is 1. The Morgan fingerprint density at radius 1 is 1.06 bits per heavy atom. The van der Waals surface area contributed by atoms with Crippen molar-refractivity contribution in [1.29, 1.82) is 0 Å². The lowest BCUT2D eigenvalue weighted by atomic mass is 10.1. The zero-order valence-electron chi connectivity index (χ0n) is 17.4. The molecule has 2 aromatic carbocycles. The van der Waals surface area contributed by atoms with E-state index < -0.39 is 0 Å². The first-order chi connectivity index (χ1) is 15.6. The van der Waals surface area contributed by atoms with E-state index in [0.717, 1.165) is 5.56 Å². The van der Waals surface area contributed by atoms with Crippen molar-refractivity contribution in [1.82, 2.24) is 5.43 Å². The van der Waals surface area contributed by atoms with Gasteiger partial charge in [-0.15, -0.1) is 23.5 Å². The van der Waals surface area contributed by atoms with E-state index in [1.165, 1.54) is 30.2 Å². The van der Waals surface area contributed by atoms with Gasteiger partial charge in [0.2, 0.25) is 0 Å². The molecule has 1 aliphatic heterocycles. The SMILES string of the molecule is CC(=O)c1ccc(-c2ccc(/C=N\NC(=O)COc3ccc(C4SCCS4)cc3)o2)cc1. The predicted octanol–water partition coefficient (Wildman–Crippen LogP) is 5.16. The third kappa shape index (κ3) is 5.83. The summed E-state index contributed by atoms with van der Waals surface area (Å²) in [5.41, 5.74) is 5.20. The average molecular weight is 467 g/mol. The van der Waals surface area contributed by atoms with Gasteiger partial charge < -0.3 is 9.15 Å². The van der Waals surface area contributed by atoms with Gasteiger partial charge in [0.15, 0.2) is 12.4 Å². The second-order valence-corrected chi connectivity index (χ2v) is 9.78. The van der Waals surface area contributed by atoms with Crippen molar-refractivity contribution in [3.63, 3.8) is 0 Å². The van der Waals surface area contributed by atoms with Crippen LogP contribution in [-0.4, -0.2) is 36.0 Å². The number of benzene rings is 2. The van der Waals surface area contributed by atoms with Crippen LogP contribution in [0, 0.1) is 0 Å². The second kappa shape index (κ2) is 10.6. The maximum absolute atomic E-state index is 12.0. The first kappa shape index (κ1) is 22.2. The fourth-order valence-corrected chi connectivity index (χ4v) is 5.93. The number of amides is 1. The van der Waals surface area contributed by atoms with Crippen molar-refractivity contribution in [3.05, 3.63) is 77.6 Å². The normalized spacial score (nSPS) is 14.0. The fourth-order valence-electron chi connectivity index (χ4n) is 3.07. The number of furan rings is 1. The molecule has 1 saturated heterocycles. The Labute approximate surface area is 194 Å². The molecule has 8 heteroatoms. The van der Waals surface area contributed by atoms with E-state index in [4.69, 9.17) is 9.15 Å². The molecule has 0 saturated carbocycles. The molecule has 32 heavy (non-hydrogen) atoms. The molecule has 1 aromatic heterocycles. The third-order valence-electron chi connectivity index (χ3n) is 4.73. The molecule has 0 aliphatic carbocycles. The highest BCUT2D eigenvalue weighted by Gasteiger charge is 2.18. The topological polar surface area (TPSA) is 80.9 Å². The van der Waals surface area contributed by atoms with Crippen LogP contribution in [0.25, 0.3) is 11.3 Å². The number of ether oxygens (including phenoxy) is 1. The molecule has 164 valence electrons. The van der Waals surface area contributed by atoms with Gasteiger partial charge in [0.25, 0.3) is 5.91 Å². The lowest BCUT2D eigenvalue weighted by Crippen LogP contribution is -2.24. The Kier molecular flexibility index (Phi) is 7.34. The Morgan fingerprint density at radius 3 is 2.47 bits per heavy atom. The molecule has 4 rings (SSSR count). The summed E-state index contributed by atoms with van der Waals surface area (Å²) in [5.74, 6) is 3.81. The van der Waals surface area contributed by atoms with E-state index in [0.29, 0.717) is 27.4 Å². The predicted molar refractivity (Wildman–Crippen MR) is 129 cm³/mol. The summed E-state index contributed by atoms with van der Waals surface area (Å²) >= 11 is 3.90. The Morgan fingerprint density at radius 2 is 1.78 bits per heavy atom. The van der Waals surface area contributed by atoms with Crippen molar-refractivity contribution in [3.8, 4) is 17.1 Å². The van der Waals surface area contributed by atoms with Gasteiger partial charge in [-0.1, -0.05) is 36.4 Å². The summed E-state index contributed by atoms with van der Waals surface area (Å²) in [4.78, 5) is 23.4. The minimum atomic E-state index is -0.362. The lowest BCUT2D eigenvalue weighted by Gasteiger charge is -2.09. The molecule has 0 bridgehead atoms. The number of nitrogens with one attached hydrogen (secondary N) is 1. The van der Waals surface area contributed by atoms with E-state index >= 15 is 0 Å². The smallest absolute Gasteiger partial charge is 0.277 e. The number of rotatable bonds is 8.